The number of methoxy groups -OCH3 is 1. The van der Waals surface area contributed by atoms with Crippen molar-refractivity contribution >= 4 is 27.3 Å². The summed E-state index contributed by atoms with van der Waals surface area (Å²) in [5, 5.41) is 11.0. The second-order valence-corrected chi connectivity index (χ2v) is 11.9. The van der Waals surface area contributed by atoms with Crippen molar-refractivity contribution in [3.8, 4) is 5.75 Å². The smallest absolute Gasteiger partial charge is 0.282 e. The topological polar surface area (TPSA) is 103 Å². The van der Waals surface area contributed by atoms with Gasteiger partial charge in [0.2, 0.25) is 5.78 Å². The van der Waals surface area contributed by atoms with Crippen molar-refractivity contribution in [2.45, 2.75) is 25.3 Å². The molecule has 0 spiro atoms. The molecule has 1 fully saturated rings. The summed E-state index contributed by atoms with van der Waals surface area (Å²) in [6, 6.07) is 18.2. The second kappa shape index (κ2) is 11.3. The number of aliphatic hydroxyl groups is 1. The molecule has 0 unspecified atom stereocenters. The number of ether oxygens (including phenoxy) is 1. The lowest BCUT2D eigenvalue weighted by Crippen LogP contribution is -2.47. The molecule has 10 heteroatoms. The number of aryl methyl sites for hydroxylation is 2. The third-order valence-electron chi connectivity index (χ3n) is 7.44. The lowest BCUT2D eigenvalue weighted by molar-refractivity contribution is 0.0995. The van der Waals surface area contributed by atoms with Crippen LogP contribution in [0, 0.1) is 13.8 Å². The van der Waals surface area contributed by atoms with Gasteiger partial charge in [0.25, 0.3) is 10.0 Å². The van der Waals surface area contributed by atoms with E-state index in [1.54, 1.807) is 57.4 Å². The molecular formula is C30H34N4O5S. The van der Waals surface area contributed by atoms with Crippen molar-refractivity contribution in [1.82, 2.24) is 14.2 Å². The number of hydrogen-bond acceptors (Lipinski definition) is 8. The van der Waals surface area contributed by atoms with Gasteiger partial charge in [0.15, 0.2) is 10.8 Å². The number of aromatic nitrogens is 1. The Hall–Kier alpha value is -3.89. The number of sulfonamides is 1. The highest BCUT2D eigenvalue weighted by Crippen LogP contribution is 2.36. The van der Waals surface area contributed by atoms with Gasteiger partial charge in [-0.2, -0.15) is 8.42 Å². The predicted molar refractivity (Wildman–Crippen MR) is 154 cm³/mol. The van der Waals surface area contributed by atoms with Crippen LogP contribution in [-0.4, -0.2) is 79.9 Å². The first-order chi connectivity index (χ1) is 19.2. The number of carbonyl (C=O) groups excluding carboxylic acids is 1. The first-order valence-electron chi connectivity index (χ1n) is 13.4. The third-order valence-corrected chi connectivity index (χ3v) is 9.17. The zero-order valence-electron chi connectivity index (χ0n) is 23.0. The first kappa shape index (κ1) is 27.7. The Kier molecular flexibility index (Phi) is 7.82. The summed E-state index contributed by atoms with van der Waals surface area (Å²) < 4.78 is 34.3. The lowest BCUT2D eigenvalue weighted by atomic mass is 10.0. The van der Waals surface area contributed by atoms with E-state index < -0.39 is 15.8 Å². The van der Waals surface area contributed by atoms with Crippen LogP contribution >= 0.6 is 0 Å². The molecule has 3 aromatic rings. The van der Waals surface area contributed by atoms with E-state index in [1.807, 2.05) is 18.2 Å². The lowest BCUT2D eigenvalue weighted by Gasteiger charge is -2.37. The number of Topliss-reactive ketones (excluding diaryl/α,β-unsaturated/α-hetero) is 1. The molecule has 0 bridgehead atoms. The molecule has 0 radical (unpaired) electrons. The zero-order valence-corrected chi connectivity index (χ0v) is 23.8. The van der Waals surface area contributed by atoms with E-state index in [4.69, 9.17) is 4.74 Å². The summed E-state index contributed by atoms with van der Waals surface area (Å²) in [5.74, 6) is -0.0559. The molecule has 2 aliphatic rings. The van der Waals surface area contributed by atoms with Gasteiger partial charge in [-0.1, -0.05) is 42.5 Å². The van der Waals surface area contributed by atoms with Crippen molar-refractivity contribution < 1.29 is 23.1 Å². The average Bonchev–Trinajstić information content (AvgIpc) is 2.96. The average molecular weight is 563 g/mol. The van der Waals surface area contributed by atoms with Crippen molar-refractivity contribution in [3.63, 3.8) is 0 Å². The van der Waals surface area contributed by atoms with Gasteiger partial charge in [0, 0.05) is 50.5 Å². The minimum absolute atomic E-state index is 0.0202. The van der Waals surface area contributed by atoms with Crippen LogP contribution in [0.1, 0.15) is 33.6 Å². The van der Waals surface area contributed by atoms with Crippen molar-refractivity contribution in [2.75, 3.05) is 51.3 Å². The normalized spacial score (nSPS) is 18.4. The van der Waals surface area contributed by atoms with Crippen LogP contribution in [0.5, 0.6) is 5.75 Å². The molecule has 0 aliphatic carbocycles. The molecule has 2 aliphatic heterocycles. The van der Waals surface area contributed by atoms with Gasteiger partial charge in [0.1, 0.15) is 11.4 Å². The molecular weight excluding hydrogens is 528 g/mol. The number of hydrogen-bond donors (Lipinski definition) is 1. The number of pyridine rings is 1. The molecule has 1 aromatic heterocycles. The first-order valence-corrected chi connectivity index (χ1v) is 14.8. The number of anilines is 1. The highest BCUT2D eigenvalue weighted by Gasteiger charge is 2.43. The van der Waals surface area contributed by atoms with Crippen LogP contribution in [0.15, 0.2) is 71.4 Å². The van der Waals surface area contributed by atoms with Gasteiger partial charge in [-0.05, 0) is 44.0 Å². The minimum atomic E-state index is -4.18. The van der Waals surface area contributed by atoms with E-state index in [1.165, 1.54) is 0 Å². The summed E-state index contributed by atoms with van der Waals surface area (Å²) in [6.07, 6.45) is 0.479. The van der Waals surface area contributed by atoms with Gasteiger partial charge in [0.05, 0.1) is 18.4 Å². The molecule has 1 saturated heterocycles. The minimum Gasteiger partial charge on any atom is -0.505 e. The fourth-order valence-corrected chi connectivity index (χ4v) is 7.21. The van der Waals surface area contributed by atoms with Crippen molar-refractivity contribution in [1.29, 1.82) is 0 Å². The summed E-state index contributed by atoms with van der Waals surface area (Å²) in [4.78, 5) is 22.6. The van der Waals surface area contributed by atoms with Gasteiger partial charge >= 0.3 is 0 Å². The Balaban J connectivity index is 1.37. The summed E-state index contributed by atoms with van der Waals surface area (Å²) >= 11 is 0. The van der Waals surface area contributed by atoms with E-state index in [0.29, 0.717) is 29.8 Å². The fourth-order valence-electron chi connectivity index (χ4n) is 5.45. The number of carbonyl (C=O) groups is 1. The predicted octanol–water partition coefficient (Wildman–Crippen LogP) is 4.03. The van der Waals surface area contributed by atoms with Crippen LogP contribution in [0.25, 0.3) is 5.76 Å². The number of nitrogens with zero attached hydrogens (tertiary/aromatic N) is 4. The van der Waals surface area contributed by atoms with Crippen molar-refractivity contribution in [2.24, 2.45) is 0 Å². The Morgan fingerprint density at radius 2 is 1.65 bits per heavy atom. The largest absolute Gasteiger partial charge is 0.505 e. The highest BCUT2D eigenvalue weighted by molar-refractivity contribution is 7.89. The molecule has 0 saturated carbocycles. The van der Waals surface area contributed by atoms with Gasteiger partial charge in [-0.25, -0.2) is 4.98 Å². The Morgan fingerprint density at radius 3 is 2.35 bits per heavy atom. The van der Waals surface area contributed by atoms with Crippen molar-refractivity contribution in [3.05, 3.63) is 88.7 Å². The van der Waals surface area contributed by atoms with E-state index in [0.717, 1.165) is 41.9 Å². The van der Waals surface area contributed by atoms with Crippen LogP contribution in [0.4, 0.5) is 5.69 Å². The Bertz CT molecular complexity index is 1550. The summed E-state index contributed by atoms with van der Waals surface area (Å²) in [5.41, 5.74) is 2.26. The molecule has 9 nitrogen and oxygen atoms in total. The molecule has 0 atom stereocenters. The number of aliphatic hydroxyl groups excluding tert-OH is 1. The standard InChI is InChI=1S/C30H34N4O5S/c1-21-20-22(2)31-30-26(21)29(36)27(28(35)23-10-5-4-6-11-23)34(40(30,37)38)15-9-14-32-16-18-33(19-17-32)24-12-7-8-13-25(24)39-3/h4-8,10-13,20,35H,9,14-19H2,1-3H3. The maximum Gasteiger partial charge on any atom is 0.282 e. The molecule has 2 aromatic carbocycles. The Morgan fingerprint density at radius 1 is 0.975 bits per heavy atom. The maximum atomic E-state index is 13.9. The third kappa shape index (κ3) is 5.16. The molecule has 210 valence electrons. The number of ketones is 1. The molecule has 0 amide bonds. The molecule has 5 rings (SSSR count). The van der Waals surface area contributed by atoms with Gasteiger partial charge < -0.3 is 14.7 Å². The number of benzene rings is 2. The van der Waals surface area contributed by atoms with Crippen LogP contribution in [-0.2, 0) is 10.0 Å². The quantitative estimate of drug-likeness (QED) is 0.340. The monoisotopic (exact) mass is 562 g/mol. The molecule has 3 heterocycles. The van der Waals surface area contributed by atoms with Crippen LogP contribution in [0.2, 0.25) is 0 Å². The number of fused-ring (bicyclic) bond motifs is 1. The zero-order chi connectivity index (χ0) is 28.4. The summed E-state index contributed by atoms with van der Waals surface area (Å²) in [6.45, 7) is 7.34. The SMILES string of the molecule is COc1ccccc1N1CCN(CCCN2C(=C(O)c3ccccc3)C(=O)c3c(C)cc(C)nc3S2(=O)=O)CC1. The summed E-state index contributed by atoms with van der Waals surface area (Å²) in [7, 11) is -2.51. The van der Waals surface area contributed by atoms with E-state index in [2.05, 4.69) is 20.9 Å². The molecule has 1 N–H and O–H groups in total. The number of piperazine rings is 1. The fraction of sp³-hybridized carbons (Fsp3) is 0.333. The highest BCUT2D eigenvalue weighted by atomic mass is 32.2. The second-order valence-electron chi connectivity index (χ2n) is 10.1. The van der Waals surface area contributed by atoms with Crippen LogP contribution < -0.4 is 9.64 Å². The maximum absolute atomic E-state index is 13.9. The Labute approximate surface area is 235 Å². The van der Waals surface area contributed by atoms with Crippen LogP contribution in [0.3, 0.4) is 0 Å². The molecule has 40 heavy (non-hydrogen) atoms. The van der Waals surface area contributed by atoms with Gasteiger partial charge in [-0.3, -0.25) is 14.0 Å². The van der Waals surface area contributed by atoms with E-state index in [-0.39, 0.29) is 28.6 Å². The number of allylic oxidation sites excluding steroid dienone is 1. The number of para-hydroxylation sites is 2. The van der Waals surface area contributed by atoms with Gasteiger partial charge in [-0.15, -0.1) is 0 Å². The number of rotatable bonds is 7. The van der Waals surface area contributed by atoms with E-state index in [9.17, 15) is 18.3 Å². The van der Waals surface area contributed by atoms with E-state index >= 15 is 0 Å².